The summed E-state index contributed by atoms with van der Waals surface area (Å²) in [6, 6.07) is 18.7. The van der Waals surface area contributed by atoms with Crippen molar-refractivity contribution in [2.24, 2.45) is 0 Å². The van der Waals surface area contributed by atoms with Gasteiger partial charge < -0.3 is 10.6 Å². The number of halogens is 2. The van der Waals surface area contributed by atoms with Crippen LogP contribution in [0.1, 0.15) is 63.7 Å². The van der Waals surface area contributed by atoms with Crippen molar-refractivity contribution in [1.82, 2.24) is 10.2 Å². The van der Waals surface area contributed by atoms with E-state index in [9.17, 15) is 28.8 Å². The molecule has 0 bridgehead atoms. The smallest absolute Gasteiger partial charge is 0.234 e. The van der Waals surface area contributed by atoms with E-state index in [1.807, 2.05) is 0 Å². The van der Waals surface area contributed by atoms with E-state index in [2.05, 4.69) is 20.8 Å². The zero-order valence-corrected chi connectivity index (χ0v) is 28.6. The molecule has 242 valence electrons. The highest BCUT2D eigenvalue weighted by atomic mass is 35.5. The summed E-state index contributed by atoms with van der Waals surface area (Å²) in [6.07, 6.45) is 0. The zero-order valence-electron chi connectivity index (χ0n) is 24.7. The molecule has 1 aromatic heterocycles. The Morgan fingerprint density at radius 1 is 0.551 bits per heavy atom. The number of hydrogen-bond acceptors (Lipinski definition) is 11. The molecule has 0 radical (unpaired) electrons. The van der Waals surface area contributed by atoms with Crippen molar-refractivity contribution in [3.05, 3.63) is 127 Å². The molecule has 2 aliphatic rings. The van der Waals surface area contributed by atoms with Gasteiger partial charge in [0.05, 0.1) is 32.9 Å². The highest BCUT2D eigenvalue weighted by Crippen LogP contribution is 2.36. The molecule has 7 rings (SSSR count). The van der Waals surface area contributed by atoms with Crippen molar-refractivity contribution < 1.29 is 28.8 Å². The van der Waals surface area contributed by atoms with Crippen molar-refractivity contribution in [3.63, 3.8) is 0 Å². The Balaban J connectivity index is 0.937. The number of nitrogens with one attached hydrogen (secondary N) is 2. The number of fused-ring (bicyclic) bond motifs is 4. The SMILES string of the molecule is O=C(CSc1nnc(SCC(=O)Nc2cc3c(cc2Cl)C(=O)c2ccccc2C3=O)s1)Nc1cc2c(cc1Cl)C(=O)c1ccccc1C2=O. The van der Waals surface area contributed by atoms with Crippen LogP contribution in [0.2, 0.25) is 10.0 Å². The van der Waals surface area contributed by atoms with Crippen molar-refractivity contribution in [3.8, 4) is 0 Å². The standard InChI is InChI=1S/C34H18Cl2N4O6S3/c35-23-9-19-21(31(45)17-7-3-1-5-15(17)29(19)43)11-25(23)37-27(41)13-47-33-39-40-34(49-33)48-14-28(42)38-26-12-22-20(10-24(26)36)30(44)16-6-2-4-8-18(16)32(22)46/h1-12H,13-14H2,(H,37,41)(H,38,42). The van der Waals surface area contributed by atoms with E-state index >= 15 is 0 Å². The molecule has 0 saturated heterocycles. The molecule has 10 nitrogen and oxygen atoms in total. The Labute approximate surface area is 300 Å². The first-order valence-electron chi connectivity index (χ1n) is 14.3. The fourth-order valence-corrected chi connectivity index (χ4v) is 8.41. The Bertz CT molecular complexity index is 2150. The molecule has 0 unspecified atom stereocenters. The molecule has 0 atom stereocenters. The number of hydrogen-bond donors (Lipinski definition) is 2. The summed E-state index contributed by atoms with van der Waals surface area (Å²) < 4.78 is 0.960. The van der Waals surface area contributed by atoms with Gasteiger partial charge >= 0.3 is 0 Å². The van der Waals surface area contributed by atoms with Crippen LogP contribution < -0.4 is 10.6 Å². The summed E-state index contributed by atoms with van der Waals surface area (Å²) in [5, 5.41) is 13.7. The first-order chi connectivity index (χ1) is 23.6. The van der Waals surface area contributed by atoms with Gasteiger partial charge in [-0.3, -0.25) is 28.8 Å². The number of anilines is 2. The van der Waals surface area contributed by atoms with Crippen molar-refractivity contribution in [2.45, 2.75) is 8.68 Å². The predicted molar refractivity (Wildman–Crippen MR) is 188 cm³/mol. The quantitative estimate of drug-likeness (QED) is 0.158. The number of carbonyl (C=O) groups excluding carboxylic acids is 6. The molecule has 0 fully saturated rings. The van der Waals surface area contributed by atoms with Gasteiger partial charge in [0.25, 0.3) is 0 Å². The second-order valence-corrected chi connectivity index (χ2v) is 14.9. The fourth-order valence-electron chi connectivity index (χ4n) is 5.37. The maximum Gasteiger partial charge on any atom is 0.234 e. The number of thioether (sulfide) groups is 2. The lowest BCUT2D eigenvalue weighted by Gasteiger charge is -2.19. The predicted octanol–water partition coefficient (Wildman–Crippen LogP) is 6.86. The molecule has 5 aromatic rings. The normalized spacial score (nSPS) is 12.9. The van der Waals surface area contributed by atoms with E-state index in [-0.39, 0.29) is 78.3 Å². The van der Waals surface area contributed by atoms with Crippen LogP contribution in [0, 0.1) is 0 Å². The molecule has 0 spiro atoms. The lowest BCUT2D eigenvalue weighted by Crippen LogP contribution is -2.22. The van der Waals surface area contributed by atoms with Gasteiger partial charge in [-0.05, 0) is 24.3 Å². The van der Waals surface area contributed by atoms with Gasteiger partial charge in [-0.15, -0.1) is 10.2 Å². The van der Waals surface area contributed by atoms with Gasteiger partial charge in [-0.1, -0.05) is 107 Å². The summed E-state index contributed by atoms with van der Waals surface area (Å²) >= 11 is 16.2. The van der Waals surface area contributed by atoms with Crippen molar-refractivity contribution in [2.75, 3.05) is 22.1 Å². The Morgan fingerprint density at radius 2 is 0.878 bits per heavy atom. The highest BCUT2D eigenvalue weighted by Gasteiger charge is 2.32. The van der Waals surface area contributed by atoms with Crippen LogP contribution in [0.5, 0.6) is 0 Å². The third-order valence-electron chi connectivity index (χ3n) is 7.62. The molecule has 2 amide bonds. The number of aromatic nitrogens is 2. The number of nitrogens with zero attached hydrogens (tertiary/aromatic N) is 2. The monoisotopic (exact) mass is 744 g/mol. The van der Waals surface area contributed by atoms with E-state index < -0.39 is 11.8 Å². The van der Waals surface area contributed by atoms with Gasteiger partial charge in [0, 0.05) is 44.5 Å². The summed E-state index contributed by atoms with van der Waals surface area (Å²) in [4.78, 5) is 77.5. The number of amides is 2. The van der Waals surface area contributed by atoms with Crippen LogP contribution in [-0.2, 0) is 9.59 Å². The van der Waals surface area contributed by atoms with Gasteiger partial charge in [0.2, 0.25) is 11.8 Å². The van der Waals surface area contributed by atoms with Gasteiger partial charge in [-0.25, -0.2) is 0 Å². The van der Waals surface area contributed by atoms with Crippen LogP contribution >= 0.6 is 58.1 Å². The molecular weight excluding hydrogens is 728 g/mol. The van der Waals surface area contributed by atoms with Crippen LogP contribution in [0.25, 0.3) is 0 Å². The average molecular weight is 746 g/mol. The molecule has 1 heterocycles. The van der Waals surface area contributed by atoms with Crippen LogP contribution in [0.4, 0.5) is 11.4 Å². The van der Waals surface area contributed by atoms with Crippen molar-refractivity contribution in [1.29, 1.82) is 0 Å². The largest absolute Gasteiger partial charge is 0.324 e. The van der Waals surface area contributed by atoms with Crippen LogP contribution in [-0.4, -0.2) is 56.7 Å². The zero-order chi connectivity index (χ0) is 34.4. The molecule has 4 aromatic carbocycles. The first kappa shape index (κ1) is 32.9. The number of benzene rings is 4. The minimum atomic E-state index is -0.420. The summed E-state index contributed by atoms with van der Waals surface area (Å²) in [7, 11) is 0. The second-order valence-electron chi connectivity index (χ2n) is 10.7. The minimum absolute atomic E-state index is 0.0502. The molecule has 2 N–H and O–H groups in total. The first-order valence-corrected chi connectivity index (χ1v) is 17.9. The van der Waals surface area contributed by atoms with E-state index in [1.54, 1.807) is 48.5 Å². The third-order valence-corrected chi connectivity index (χ3v) is 11.4. The lowest BCUT2D eigenvalue weighted by molar-refractivity contribution is -0.114. The van der Waals surface area contributed by atoms with E-state index in [0.29, 0.717) is 30.9 Å². The highest BCUT2D eigenvalue weighted by molar-refractivity contribution is 8.03. The average Bonchev–Trinajstić information content (AvgIpc) is 3.57. The summed E-state index contributed by atoms with van der Waals surface area (Å²) in [6.45, 7) is 0. The van der Waals surface area contributed by atoms with E-state index in [0.717, 1.165) is 23.5 Å². The van der Waals surface area contributed by atoms with Crippen LogP contribution in [0.15, 0.2) is 81.5 Å². The Kier molecular flexibility index (Phi) is 8.94. The molecule has 0 saturated carbocycles. The van der Waals surface area contributed by atoms with Gasteiger partial charge in [-0.2, -0.15) is 0 Å². The topological polar surface area (TPSA) is 152 Å². The maximum absolute atomic E-state index is 13.0. The van der Waals surface area contributed by atoms with Gasteiger partial charge in [0.15, 0.2) is 31.8 Å². The Hall–Kier alpha value is -4.66. The minimum Gasteiger partial charge on any atom is -0.324 e. The fraction of sp³-hybridized carbons (Fsp3) is 0.0588. The number of rotatable bonds is 8. The van der Waals surface area contributed by atoms with Crippen LogP contribution in [0.3, 0.4) is 0 Å². The number of carbonyl (C=O) groups is 6. The third kappa shape index (κ3) is 6.31. The maximum atomic E-state index is 13.0. The van der Waals surface area contributed by atoms with E-state index in [1.165, 1.54) is 35.6 Å². The molecular formula is C34H18Cl2N4O6S3. The molecule has 49 heavy (non-hydrogen) atoms. The second kappa shape index (κ2) is 13.3. The number of ketones is 4. The molecule has 2 aliphatic carbocycles. The van der Waals surface area contributed by atoms with Gasteiger partial charge in [0.1, 0.15) is 0 Å². The summed E-state index contributed by atoms with van der Waals surface area (Å²) in [5.74, 6) is -2.23. The van der Waals surface area contributed by atoms with Crippen molar-refractivity contribution >= 4 is 104 Å². The lowest BCUT2D eigenvalue weighted by atomic mass is 9.84. The van der Waals surface area contributed by atoms with E-state index in [4.69, 9.17) is 23.2 Å². The molecule has 0 aliphatic heterocycles. The Morgan fingerprint density at radius 3 is 1.22 bits per heavy atom. The summed E-state index contributed by atoms with van der Waals surface area (Å²) in [5.41, 5.74) is 2.28. The molecule has 15 heteroatoms.